The number of carboxylic acid groups (broad SMARTS) is 1. The summed E-state index contributed by atoms with van der Waals surface area (Å²) in [5.41, 5.74) is 2.64. The highest BCUT2D eigenvalue weighted by molar-refractivity contribution is 5.86. The van der Waals surface area contributed by atoms with Gasteiger partial charge >= 0.3 is 5.97 Å². The number of carbonyl (C=O) groups is 1. The van der Waals surface area contributed by atoms with E-state index < -0.39 is 5.97 Å². The van der Waals surface area contributed by atoms with Gasteiger partial charge in [0, 0.05) is 6.54 Å². The molecule has 1 heterocycles. The zero-order valence-corrected chi connectivity index (χ0v) is 13.2. The second-order valence-corrected chi connectivity index (χ2v) is 5.25. The molecule has 0 saturated heterocycles. The van der Waals surface area contributed by atoms with Crippen LogP contribution in [0.5, 0.6) is 5.75 Å². The van der Waals surface area contributed by atoms with Gasteiger partial charge in [0.25, 0.3) is 0 Å². The van der Waals surface area contributed by atoms with Crippen molar-refractivity contribution in [3.63, 3.8) is 0 Å². The van der Waals surface area contributed by atoms with Crippen LogP contribution in [0.25, 0.3) is 0 Å². The number of hydrogen-bond acceptors (Lipinski definition) is 4. The van der Waals surface area contributed by atoms with Crippen molar-refractivity contribution in [2.24, 2.45) is 0 Å². The lowest BCUT2D eigenvalue weighted by Crippen LogP contribution is -2.12. The van der Waals surface area contributed by atoms with Gasteiger partial charge in [0.2, 0.25) is 0 Å². The highest BCUT2D eigenvalue weighted by Gasteiger charge is 2.19. The van der Waals surface area contributed by atoms with Crippen molar-refractivity contribution >= 4 is 5.97 Å². The Balaban J connectivity index is 2.22. The summed E-state index contributed by atoms with van der Waals surface area (Å²) in [6.45, 7) is 6.85. The number of rotatable bonds is 7. The Morgan fingerprint density at radius 3 is 2.82 bits per heavy atom. The zero-order valence-electron chi connectivity index (χ0n) is 13.2. The lowest BCUT2D eigenvalue weighted by atomic mass is 10.1. The topological polar surface area (TPSA) is 77.2 Å². The molecular weight excluding hydrogens is 282 g/mol. The van der Waals surface area contributed by atoms with Crippen LogP contribution in [0.3, 0.4) is 0 Å². The molecule has 0 saturated carbocycles. The zero-order chi connectivity index (χ0) is 16.1. The van der Waals surface area contributed by atoms with Gasteiger partial charge in [-0.05, 0) is 37.5 Å². The van der Waals surface area contributed by atoms with Gasteiger partial charge in [-0.1, -0.05) is 30.7 Å². The smallest absolute Gasteiger partial charge is 0.358 e. The maximum absolute atomic E-state index is 11.3. The largest absolute Gasteiger partial charge is 0.487 e. The Labute approximate surface area is 129 Å². The molecule has 6 nitrogen and oxygen atoms in total. The fourth-order valence-electron chi connectivity index (χ4n) is 2.16. The van der Waals surface area contributed by atoms with Crippen molar-refractivity contribution in [2.75, 3.05) is 0 Å². The predicted octanol–water partition coefficient (Wildman–Crippen LogP) is 2.97. The molecule has 0 aliphatic rings. The van der Waals surface area contributed by atoms with Crippen LogP contribution in [0.1, 0.15) is 47.1 Å². The van der Waals surface area contributed by atoms with E-state index in [2.05, 4.69) is 17.2 Å². The third-order valence-corrected chi connectivity index (χ3v) is 3.68. The van der Waals surface area contributed by atoms with Crippen molar-refractivity contribution in [2.45, 2.75) is 46.8 Å². The van der Waals surface area contributed by atoms with Crippen LogP contribution in [0.4, 0.5) is 0 Å². The van der Waals surface area contributed by atoms with Crippen LogP contribution in [0.2, 0.25) is 0 Å². The molecule has 0 aliphatic carbocycles. The normalized spacial score (nSPS) is 10.7. The third-order valence-electron chi connectivity index (χ3n) is 3.68. The fourth-order valence-corrected chi connectivity index (χ4v) is 2.16. The molecule has 0 radical (unpaired) electrons. The number of hydrogen-bond donors (Lipinski definition) is 1. The molecule has 0 aliphatic heterocycles. The van der Waals surface area contributed by atoms with Gasteiger partial charge in [-0.2, -0.15) is 0 Å². The van der Waals surface area contributed by atoms with Crippen molar-refractivity contribution in [3.05, 3.63) is 40.7 Å². The van der Waals surface area contributed by atoms with E-state index in [1.54, 1.807) is 4.68 Å². The second kappa shape index (κ2) is 7.06. The van der Waals surface area contributed by atoms with Crippen molar-refractivity contribution in [3.8, 4) is 5.75 Å². The summed E-state index contributed by atoms with van der Waals surface area (Å²) in [7, 11) is 0. The second-order valence-electron chi connectivity index (χ2n) is 5.25. The molecule has 0 spiro atoms. The summed E-state index contributed by atoms with van der Waals surface area (Å²) in [5, 5.41) is 16.9. The first-order valence-corrected chi connectivity index (χ1v) is 7.39. The number of aromatic nitrogens is 3. The van der Waals surface area contributed by atoms with Gasteiger partial charge in [0.1, 0.15) is 18.1 Å². The number of unbranched alkanes of at least 4 members (excludes halogenated alkanes) is 1. The van der Waals surface area contributed by atoms with Gasteiger partial charge in [0.15, 0.2) is 5.69 Å². The quantitative estimate of drug-likeness (QED) is 0.851. The van der Waals surface area contributed by atoms with Gasteiger partial charge in [-0.15, -0.1) is 5.10 Å². The molecular formula is C16H21N3O3. The van der Waals surface area contributed by atoms with E-state index in [-0.39, 0.29) is 12.3 Å². The SMILES string of the molecule is CCCCn1nnc(C(=O)O)c1COc1cccc(C)c1C. The van der Waals surface area contributed by atoms with Crippen molar-refractivity contribution < 1.29 is 14.6 Å². The molecule has 1 N–H and O–H groups in total. The Morgan fingerprint density at radius 2 is 2.14 bits per heavy atom. The number of ether oxygens (including phenoxy) is 1. The Kier molecular flexibility index (Phi) is 5.14. The van der Waals surface area contributed by atoms with E-state index in [9.17, 15) is 9.90 Å². The molecule has 0 atom stereocenters. The number of aryl methyl sites for hydroxylation is 2. The Morgan fingerprint density at radius 1 is 1.36 bits per heavy atom. The molecule has 118 valence electrons. The Bertz CT molecular complexity index is 665. The van der Waals surface area contributed by atoms with Gasteiger partial charge < -0.3 is 9.84 Å². The van der Waals surface area contributed by atoms with Crippen LogP contribution in [-0.4, -0.2) is 26.1 Å². The number of nitrogens with zero attached hydrogens (tertiary/aromatic N) is 3. The fraction of sp³-hybridized carbons (Fsp3) is 0.438. The molecule has 0 unspecified atom stereocenters. The van der Waals surface area contributed by atoms with Gasteiger partial charge in [0.05, 0.1) is 0 Å². The first-order valence-electron chi connectivity index (χ1n) is 7.39. The average Bonchev–Trinajstić information content (AvgIpc) is 2.89. The average molecular weight is 303 g/mol. The lowest BCUT2D eigenvalue weighted by Gasteiger charge is -2.12. The molecule has 6 heteroatoms. The minimum absolute atomic E-state index is 0.0404. The van der Waals surface area contributed by atoms with Crippen molar-refractivity contribution in [1.29, 1.82) is 0 Å². The molecule has 0 amide bonds. The van der Waals surface area contributed by atoms with E-state index >= 15 is 0 Å². The van der Waals surface area contributed by atoms with E-state index in [1.807, 2.05) is 32.0 Å². The molecule has 2 aromatic rings. The van der Waals surface area contributed by atoms with E-state index in [4.69, 9.17) is 4.74 Å². The molecule has 1 aromatic heterocycles. The van der Waals surface area contributed by atoms with Gasteiger partial charge in [-0.25, -0.2) is 9.48 Å². The van der Waals surface area contributed by atoms with Crippen LogP contribution < -0.4 is 4.74 Å². The molecule has 0 fully saturated rings. The summed E-state index contributed by atoms with van der Waals surface area (Å²) < 4.78 is 7.43. The predicted molar refractivity (Wildman–Crippen MR) is 82.1 cm³/mol. The first kappa shape index (κ1) is 16.0. The van der Waals surface area contributed by atoms with E-state index in [0.717, 1.165) is 29.7 Å². The summed E-state index contributed by atoms with van der Waals surface area (Å²) in [4.78, 5) is 11.3. The van der Waals surface area contributed by atoms with E-state index in [0.29, 0.717) is 12.2 Å². The minimum atomic E-state index is -1.08. The maximum Gasteiger partial charge on any atom is 0.358 e. The number of benzene rings is 1. The number of carboxylic acids is 1. The highest BCUT2D eigenvalue weighted by atomic mass is 16.5. The highest BCUT2D eigenvalue weighted by Crippen LogP contribution is 2.22. The summed E-state index contributed by atoms with van der Waals surface area (Å²) in [6.07, 6.45) is 1.92. The van der Waals surface area contributed by atoms with Crippen LogP contribution >= 0.6 is 0 Å². The summed E-state index contributed by atoms with van der Waals surface area (Å²) >= 11 is 0. The van der Waals surface area contributed by atoms with Gasteiger partial charge in [-0.3, -0.25) is 0 Å². The standard InChI is InChI=1S/C16H21N3O3/c1-4-5-9-19-13(15(16(20)21)17-18-19)10-22-14-8-6-7-11(2)12(14)3/h6-8H,4-5,9-10H2,1-3H3,(H,20,21). The summed E-state index contributed by atoms with van der Waals surface area (Å²) in [6, 6.07) is 5.81. The minimum Gasteiger partial charge on any atom is -0.487 e. The lowest BCUT2D eigenvalue weighted by molar-refractivity contribution is 0.0687. The van der Waals surface area contributed by atoms with Crippen LogP contribution in [0.15, 0.2) is 18.2 Å². The first-order chi connectivity index (χ1) is 10.5. The maximum atomic E-state index is 11.3. The summed E-state index contributed by atoms with van der Waals surface area (Å²) in [5.74, 6) is -0.332. The van der Waals surface area contributed by atoms with Crippen LogP contribution in [-0.2, 0) is 13.2 Å². The van der Waals surface area contributed by atoms with Crippen LogP contribution in [0, 0.1) is 13.8 Å². The molecule has 22 heavy (non-hydrogen) atoms. The third kappa shape index (κ3) is 3.44. The van der Waals surface area contributed by atoms with E-state index in [1.165, 1.54) is 0 Å². The number of aromatic carboxylic acids is 1. The molecule has 1 aromatic carbocycles. The monoisotopic (exact) mass is 303 g/mol. The van der Waals surface area contributed by atoms with Crippen molar-refractivity contribution in [1.82, 2.24) is 15.0 Å². The molecule has 0 bridgehead atoms. The Hall–Kier alpha value is -2.37. The molecule has 2 rings (SSSR count).